The van der Waals surface area contributed by atoms with E-state index >= 15 is 0 Å². The zero-order chi connectivity index (χ0) is 17.9. The van der Waals surface area contributed by atoms with E-state index in [1.54, 1.807) is 17.0 Å². The van der Waals surface area contributed by atoms with Gasteiger partial charge in [-0.15, -0.1) is 11.3 Å². The van der Waals surface area contributed by atoms with E-state index < -0.39 is 10.9 Å². The first kappa shape index (κ1) is 17.6. The van der Waals surface area contributed by atoms with Crippen molar-refractivity contribution < 1.29 is 19.6 Å². The first-order chi connectivity index (χ1) is 11.3. The predicted molar refractivity (Wildman–Crippen MR) is 89.4 cm³/mol. The highest BCUT2D eigenvalue weighted by Crippen LogP contribution is 2.21. The third-order valence-electron chi connectivity index (χ3n) is 3.41. The number of hydrogen-bond acceptors (Lipinski definition) is 5. The van der Waals surface area contributed by atoms with Gasteiger partial charge in [-0.1, -0.05) is 12.1 Å². The van der Waals surface area contributed by atoms with Gasteiger partial charge in [0.15, 0.2) is 0 Å². The molecule has 2 aromatic rings. The van der Waals surface area contributed by atoms with Gasteiger partial charge in [0.1, 0.15) is 4.88 Å². The number of benzene rings is 1. The van der Waals surface area contributed by atoms with Gasteiger partial charge in [-0.05, 0) is 31.5 Å². The Labute approximate surface area is 142 Å². The maximum atomic E-state index is 12.6. The fraction of sp³-hybridized carbons (Fsp3) is 0.250. The molecule has 0 saturated carbocycles. The number of carboxylic acid groups (broad SMARTS) is 1. The summed E-state index contributed by atoms with van der Waals surface area (Å²) < 4.78 is 0. The monoisotopic (exact) mass is 348 g/mol. The van der Waals surface area contributed by atoms with Crippen LogP contribution in [-0.2, 0) is 6.54 Å². The molecule has 0 radical (unpaired) electrons. The van der Waals surface area contributed by atoms with Gasteiger partial charge in [0.2, 0.25) is 0 Å². The number of nitrogens with zero attached hydrogens (tertiary/aromatic N) is 2. The van der Waals surface area contributed by atoms with E-state index in [0.29, 0.717) is 4.88 Å². The van der Waals surface area contributed by atoms with Gasteiger partial charge < -0.3 is 10.0 Å². The van der Waals surface area contributed by atoms with E-state index in [1.165, 1.54) is 24.3 Å². The standard InChI is InChI=1S/C16H16N2O5S/c1-10(2)17(9-11-3-5-12(6-4-11)18(22)23)15(19)13-7-8-14(24-13)16(20)21/h3-8,10H,9H2,1-2H3,(H,20,21). The lowest BCUT2D eigenvalue weighted by Crippen LogP contribution is -2.35. The van der Waals surface area contributed by atoms with Crippen molar-refractivity contribution in [2.24, 2.45) is 0 Å². The number of nitro groups is 1. The Morgan fingerprint density at radius 2 is 1.75 bits per heavy atom. The molecule has 0 fully saturated rings. The molecule has 0 aliphatic heterocycles. The molecular formula is C16H16N2O5S. The highest BCUT2D eigenvalue weighted by Gasteiger charge is 2.22. The molecule has 8 heteroatoms. The van der Waals surface area contributed by atoms with Crippen LogP contribution in [0.25, 0.3) is 0 Å². The summed E-state index contributed by atoms with van der Waals surface area (Å²) in [6.07, 6.45) is 0. The number of non-ortho nitro benzene ring substituents is 1. The van der Waals surface area contributed by atoms with Crippen molar-refractivity contribution >= 4 is 28.9 Å². The molecule has 24 heavy (non-hydrogen) atoms. The van der Waals surface area contributed by atoms with Gasteiger partial charge in [0.05, 0.1) is 9.80 Å². The number of carboxylic acids is 1. The Morgan fingerprint density at radius 1 is 1.17 bits per heavy atom. The lowest BCUT2D eigenvalue weighted by Gasteiger charge is -2.26. The number of carbonyl (C=O) groups excluding carboxylic acids is 1. The molecule has 0 atom stereocenters. The lowest BCUT2D eigenvalue weighted by molar-refractivity contribution is -0.384. The fourth-order valence-electron chi connectivity index (χ4n) is 2.12. The molecule has 0 aliphatic rings. The topological polar surface area (TPSA) is 101 Å². The molecule has 0 bridgehead atoms. The zero-order valence-corrected chi connectivity index (χ0v) is 13.9. The maximum Gasteiger partial charge on any atom is 0.345 e. The molecule has 126 valence electrons. The van der Waals surface area contributed by atoms with Crippen LogP contribution in [0.3, 0.4) is 0 Å². The second-order valence-corrected chi connectivity index (χ2v) is 6.50. The van der Waals surface area contributed by atoms with E-state index in [9.17, 15) is 19.7 Å². The highest BCUT2D eigenvalue weighted by molar-refractivity contribution is 7.15. The summed E-state index contributed by atoms with van der Waals surface area (Å²) in [6, 6.07) is 8.81. The summed E-state index contributed by atoms with van der Waals surface area (Å²) in [5.41, 5.74) is 0.753. The van der Waals surface area contributed by atoms with Crippen LogP contribution in [0.5, 0.6) is 0 Å². The Bertz CT molecular complexity index is 767. The molecule has 0 saturated heterocycles. The first-order valence-electron chi connectivity index (χ1n) is 7.17. The van der Waals surface area contributed by atoms with Crippen LogP contribution in [0.4, 0.5) is 5.69 Å². The van der Waals surface area contributed by atoms with Crippen LogP contribution in [0.1, 0.15) is 38.8 Å². The average Bonchev–Trinajstić information content (AvgIpc) is 3.02. The van der Waals surface area contributed by atoms with Crippen LogP contribution < -0.4 is 0 Å². The van der Waals surface area contributed by atoms with Gasteiger partial charge in [-0.3, -0.25) is 14.9 Å². The van der Waals surface area contributed by atoms with Gasteiger partial charge in [0, 0.05) is 24.7 Å². The second-order valence-electron chi connectivity index (χ2n) is 5.42. The average molecular weight is 348 g/mol. The van der Waals surface area contributed by atoms with Crippen LogP contribution >= 0.6 is 11.3 Å². The molecule has 0 aliphatic carbocycles. The van der Waals surface area contributed by atoms with Crippen molar-refractivity contribution in [2.75, 3.05) is 0 Å². The summed E-state index contributed by atoms with van der Waals surface area (Å²) in [5.74, 6) is -1.33. The lowest BCUT2D eigenvalue weighted by atomic mass is 10.1. The van der Waals surface area contributed by atoms with E-state index in [2.05, 4.69) is 0 Å². The van der Waals surface area contributed by atoms with Gasteiger partial charge in [-0.2, -0.15) is 0 Å². The molecular weight excluding hydrogens is 332 g/mol. The minimum absolute atomic E-state index is 0.00877. The Hall–Kier alpha value is -2.74. The second kappa shape index (κ2) is 7.22. The summed E-state index contributed by atoms with van der Waals surface area (Å²) in [7, 11) is 0. The summed E-state index contributed by atoms with van der Waals surface area (Å²) in [4.78, 5) is 35.9. The number of aromatic carboxylic acids is 1. The molecule has 0 spiro atoms. The van der Waals surface area contributed by atoms with Crippen molar-refractivity contribution in [3.8, 4) is 0 Å². The van der Waals surface area contributed by atoms with Crippen LogP contribution in [-0.4, -0.2) is 32.8 Å². The molecule has 1 amide bonds. The molecule has 1 heterocycles. The zero-order valence-electron chi connectivity index (χ0n) is 13.1. The van der Waals surface area contributed by atoms with Crippen LogP contribution in [0.15, 0.2) is 36.4 Å². The minimum Gasteiger partial charge on any atom is -0.477 e. The Balaban J connectivity index is 2.20. The first-order valence-corrected chi connectivity index (χ1v) is 7.98. The molecule has 1 aromatic carbocycles. The number of hydrogen-bond donors (Lipinski definition) is 1. The highest BCUT2D eigenvalue weighted by atomic mass is 32.1. The normalized spacial score (nSPS) is 10.6. The van der Waals surface area contributed by atoms with E-state index in [4.69, 9.17) is 5.11 Å². The van der Waals surface area contributed by atoms with E-state index in [1.807, 2.05) is 13.8 Å². The van der Waals surface area contributed by atoms with Crippen molar-refractivity contribution in [1.82, 2.24) is 4.90 Å². The van der Waals surface area contributed by atoms with Crippen LogP contribution in [0, 0.1) is 10.1 Å². The maximum absolute atomic E-state index is 12.6. The number of nitro benzene ring substituents is 1. The van der Waals surface area contributed by atoms with Crippen molar-refractivity contribution in [3.05, 3.63) is 61.8 Å². The fourth-order valence-corrected chi connectivity index (χ4v) is 2.92. The third kappa shape index (κ3) is 3.96. The summed E-state index contributed by atoms with van der Waals surface area (Å²) >= 11 is 0.932. The number of thiophene rings is 1. The molecule has 1 N–H and O–H groups in total. The Kier molecular flexibility index (Phi) is 5.30. The number of carbonyl (C=O) groups is 2. The van der Waals surface area contributed by atoms with Gasteiger partial charge in [0.25, 0.3) is 11.6 Å². The SMILES string of the molecule is CC(C)N(Cc1ccc([N+](=O)[O-])cc1)C(=O)c1ccc(C(=O)O)s1. The minimum atomic E-state index is -1.06. The quantitative estimate of drug-likeness (QED) is 0.637. The largest absolute Gasteiger partial charge is 0.477 e. The summed E-state index contributed by atoms with van der Waals surface area (Å²) in [5, 5.41) is 19.7. The predicted octanol–water partition coefficient (Wildman–Crippen LogP) is 3.41. The molecule has 7 nitrogen and oxygen atoms in total. The third-order valence-corrected chi connectivity index (χ3v) is 4.47. The summed E-state index contributed by atoms with van der Waals surface area (Å²) in [6.45, 7) is 4.00. The smallest absolute Gasteiger partial charge is 0.345 e. The number of amides is 1. The molecule has 0 unspecified atom stereocenters. The molecule has 1 aromatic heterocycles. The van der Waals surface area contributed by atoms with Crippen molar-refractivity contribution in [3.63, 3.8) is 0 Å². The van der Waals surface area contributed by atoms with E-state index in [0.717, 1.165) is 16.9 Å². The Morgan fingerprint density at radius 3 is 2.21 bits per heavy atom. The van der Waals surface area contributed by atoms with E-state index in [-0.39, 0.29) is 29.1 Å². The number of rotatable bonds is 6. The van der Waals surface area contributed by atoms with Crippen LogP contribution in [0.2, 0.25) is 0 Å². The van der Waals surface area contributed by atoms with Crippen molar-refractivity contribution in [2.45, 2.75) is 26.4 Å². The van der Waals surface area contributed by atoms with Gasteiger partial charge in [-0.25, -0.2) is 4.79 Å². The van der Waals surface area contributed by atoms with Crippen molar-refractivity contribution in [1.29, 1.82) is 0 Å². The molecule has 2 rings (SSSR count). The van der Waals surface area contributed by atoms with Gasteiger partial charge >= 0.3 is 5.97 Å².